The Kier molecular flexibility index (Phi) is 2.71. The van der Waals surface area contributed by atoms with Crippen LogP contribution in [0.3, 0.4) is 0 Å². The topological polar surface area (TPSA) is 0 Å². The maximum atomic E-state index is 6.43. The van der Waals surface area contributed by atoms with E-state index in [1.54, 1.807) is 0 Å². The lowest BCUT2D eigenvalue weighted by molar-refractivity contribution is 0.375. The molecule has 0 heterocycles. The van der Waals surface area contributed by atoms with Gasteiger partial charge in [-0.2, -0.15) is 0 Å². The van der Waals surface area contributed by atoms with Crippen LogP contribution in [-0.2, 0) is 18.3 Å². The van der Waals surface area contributed by atoms with E-state index < -0.39 is 0 Å². The molecule has 0 nitrogen and oxygen atoms in total. The normalized spacial score (nSPS) is 26.9. The van der Waals surface area contributed by atoms with E-state index in [2.05, 4.69) is 31.2 Å². The molecule has 2 aromatic rings. The molecule has 2 aliphatic rings. The SMILES string of the molecule is CC1Cc2c(Cl)cccc2C12CCc1c(Cl)cccc12. The van der Waals surface area contributed by atoms with Crippen molar-refractivity contribution in [2.75, 3.05) is 0 Å². The molecule has 20 heavy (non-hydrogen) atoms. The van der Waals surface area contributed by atoms with Crippen LogP contribution in [0.1, 0.15) is 35.6 Å². The second-order valence-corrected chi connectivity index (χ2v) is 6.92. The number of hydrogen-bond donors (Lipinski definition) is 0. The lowest BCUT2D eigenvalue weighted by Gasteiger charge is -2.32. The van der Waals surface area contributed by atoms with E-state index in [9.17, 15) is 0 Å². The summed E-state index contributed by atoms with van der Waals surface area (Å²) in [5.74, 6) is 0.581. The average molecular weight is 303 g/mol. The standard InChI is InChI=1S/C18H16Cl2/c1-11-10-13-15(5-3-7-17(13)20)18(11)9-8-12-14(18)4-2-6-16(12)19/h2-7,11H,8-10H2,1H3. The molecule has 2 heteroatoms. The van der Waals surface area contributed by atoms with E-state index >= 15 is 0 Å². The first-order valence-corrected chi connectivity index (χ1v) is 7.96. The Morgan fingerprint density at radius 2 is 1.55 bits per heavy atom. The number of rotatable bonds is 0. The highest BCUT2D eigenvalue weighted by molar-refractivity contribution is 6.32. The van der Waals surface area contributed by atoms with Crippen LogP contribution in [0.15, 0.2) is 36.4 Å². The Hall–Kier alpha value is -0.980. The third-order valence-corrected chi connectivity index (χ3v) is 6.03. The Bertz CT molecular complexity index is 692. The molecule has 2 atom stereocenters. The van der Waals surface area contributed by atoms with E-state index in [1.165, 1.54) is 22.3 Å². The predicted molar refractivity (Wildman–Crippen MR) is 84.9 cm³/mol. The van der Waals surface area contributed by atoms with Gasteiger partial charge in [-0.1, -0.05) is 54.4 Å². The molecule has 2 aliphatic carbocycles. The average Bonchev–Trinajstić information content (AvgIpc) is 2.95. The second-order valence-electron chi connectivity index (χ2n) is 6.11. The zero-order valence-electron chi connectivity index (χ0n) is 11.4. The van der Waals surface area contributed by atoms with Gasteiger partial charge in [0, 0.05) is 15.5 Å². The van der Waals surface area contributed by atoms with Crippen LogP contribution >= 0.6 is 23.2 Å². The van der Waals surface area contributed by atoms with Gasteiger partial charge in [0.15, 0.2) is 0 Å². The van der Waals surface area contributed by atoms with Crippen LogP contribution in [-0.4, -0.2) is 0 Å². The molecule has 0 fully saturated rings. The summed E-state index contributed by atoms with van der Waals surface area (Å²) in [6, 6.07) is 12.7. The third-order valence-electron chi connectivity index (χ3n) is 5.32. The largest absolute Gasteiger partial charge is 0.0840 e. The number of hydrogen-bond acceptors (Lipinski definition) is 0. The van der Waals surface area contributed by atoms with Gasteiger partial charge in [-0.25, -0.2) is 0 Å². The van der Waals surface area contributed by atoms with Crippen molar-refractivity contribution in [3.05, 3.63) is 68.7 Å². The smallest absolute Gasteiger partial charge is 0.0441 e. The molecule has 0 saturated carbocycles. The van der Waals surface area contributed by atoms with Gasteiger partial charge in [-0.05, 0) is 59.6 Å². The highest BCUT2D eigenvalue weighted by Crippen LogP contribution is 2.56. The maximum absolute atomic E-state index is 6.43. The highest BCUT2D eigenvalue weighted by Gasteiger charge is 2.50. The number of benzene rings is 2. The quantitative estimate of drug-likeness (QED) is 0.610. The molecule has 0 amide bonds. The van der Waals surface area contributed by atoms with Crippen LogP contribution < -0.4 is 0 Å². The first kappa shape index (κ1) is 12.7. The summed E-state index contributed by atoms with van der Waals surface area (Å²) in [7, 11) is 0. The summed E-state index contributed by atoms with van der Waals surface area (Å²) in [6.45, 7) is 2.35. The monoisotopic (exact) mass is 302 g/mol. The fourth-order valence-electron chi connectivity index (χ4n) is 4.41. The summed E-state index contributed by atoms with van der Waals surface area (Å²) < 4.78 is 0. The molecule has 102 valence electrons. The molecule has 1 spiro atoms. The van der Waals surface area contributed by atoms with E-state index in [-0.39, 0.29) is 5.41 Å². The third kappa shape index (κ3) is 1.44. The molecule has 0 saturated heterocycles. The van der Waals surface area contributed by atoms with Gasteiger partial charge in [-0.15, -0.1) is 0 Å². The van der Waals surface area contributed by atoms with Crippen molar-refractivity contribution in [3.63, 3.8) is 0 Å². The van der Waals surface area contributed by atoms with Crippen LogP contribution in [0.5, 0.6) is 0 Å². The van der Waals surface area contributed by atoms with Crippen molar-refractivity contribution < 1.29 is 0 Å². The number of fused-ring (bicyclic) bond motifs is 4. The highest BCUT2D eigenvalue weighted by atomic mass is 35.5. The lowest BCUT2D eigenvalue weighted by atomic mass is 9.71. The van der Waals surface area contributed by atoms with Crippen molar-refractivity contribution in [1.29, 1.82) is 0 Å². The molecule has 2 unspecified atom stereocenters. The molecule has 0 aliphatic heterocycles. The van der Waals surface area contributed by atoms with E-state index in [4.69, 9.17) is 23.2 Å². The summed E-state index contributed by atoms with van der Waals surface area (Å²) in [5, 5.41) is 1.84. The fourth-order valence-corrected chi connectivity index (χ4v) is 4.93. The minimum atomic E-state index is 0.125. The minimum Gasteiger partial charge on any atom is -0.0840 e. The van der Waals surface area contributed by atoms with E-state index in [1.807, 2.05) is 12.1 Å². The molecular weight excluding hydrogens is 287 g/mol. The zero-order valence-corrected chi connectivity index (χ0v) is 12.9. The van der Waals surface area contributed by atoms with Crippen LogP contribution in [0.4, 0.5) is 0 Å². The van der Waals surface area contributed by atoms with Gasteiger partial charge in [0.2, 0.25) is 0 Å². The Morgan fingerprint density at radius 3 is 2.25 bits per heavy atom. The molecular formula is C18H16Cl2. The van der Waals surface area contributed by atoms with Crippen molar-refractivity contribution in [3.8, 4) is 0 Å². The maximum Gasteiger partial charge on any atom is 0.0441 e. The summed E-state index contributed by atoms with van der Waals surface area (Å²) in [4.78, 5) is 0. The van der Waals surface area contributed by atoms with Crippen LogP contribution in [0.25, 0.3) is 0 Å². The fraction of sp³-hybridized carbons (Fsp3) is 0.333. The van der Waals surface area contributed by atoms with Crippen molar-refractivity contribution in [2.24, 2.45) is 5.92 Å². The van der Waals surface area contributed by atoms with Gasteiger partial charge in [0.1, 0.15) is 0 Å². The summed E-state index contributed by atoms with van der Waals surface area (Å²) in [5.41, 5.74) is 5.67. The molecule has 0 aromatic heterocycles. The van der Waals surface area contributed by atoms with Gasteiger partial charge in [-0.3, -0.25) is 0 Å². The van der Waals surface area contributed by atoms with Crippen LogP contribution in [0, 0.1) is 5.92 Å². The molecule has 2 aromatic carbocycles. The minimum absolute atomic E-state index is 0.125. The zero-order chi connectivity index (χ0) is 13.9. The van der Waals surface area contributed by atoms with Crippen LogP contribution in [0.2, 0.25) is 10.0 Å². The Morgan fingerprint density at radius 1 is 0.950 bits per heavy atom. The molecule has 4 rings (SSSR count). The van der Waals surface area contributed by atoms with Gasteiger partial charge >= 0.3 is 0 Å². The second kappa shape index (κ2) is 4.26. The first-order chi connectivity index (χ1) is 9.64. The molecule has 0 N–H and O–H groups in total. The Labute approximate surface area is 129 Å². The molecule has 0 radical (unpaired) electrons. The predicted octanol–water partition coefficient (Wildman–Crippen LogP) is 5.42. The summed E-state index contributed by atoms with van der Waals surface area (Å²) >= 11 is 12.8. The first-order valence-electron chi connectivity index (χ1n) is 7.20. The Balaban J connectivity index is 2.02. The van der Waals surface area contributed by atoms with Gasteiger partial charge < -0.3 is 0 Å². The van der Waals surface area contributed by atoms with Crippen molar-refractivity contribution in [2.45, 2.75) is 31.6 Å². The van der Waals surface area contributed by atoms with E-state index in [0.717, 1.165) is 29.3 Å². The van der Waals surface area contributed by atoms with Gasteiger partial charge in [0.05, 0.1) is 0 Å². The van der Waals surface area contributed by atoms with E-state index in [0.29, 0.717) is 5.92 Å². The van der Waals surface area contributed by atoms with Gasteiger partial charge in [0.25, 0.3) is 0 Å². The van der Waals surface area contributed by atoms with Crippen molar-refractivity contribution >= 4 is 23.2 Å². The number of halogens is 2. The molecule has 0 bridgehead atoms. The summed E-state index contributed by atoms with van der Waals surface area (Å²) in [6.07, 6.45) is 3.30. The lowest BCUT2D eigenvalue weighted by Crippen LogP contribution is -2.28. The van der Waals surface area contributed by atoms with Crippen molar-refractivity contribution in [1.82, 2.24) is 0 Å².